The predicted octanol–water partition coefficient (Wildman–Crippen LogP) is 1.93. The maximum atomic E-state index is 12.3. The van der Waals surface area contributed by atoms with Crippen LogP contribution in [0.2, 0.25) is 0 Å². The second kappa shape index (κ2) is 6.32. The topological polar surface area (TPSA) is 110 Å². The molecular weight excluding hydrogens is 338 g/mol. The van der Waals surface area contributed by atoms with E-state index in [0.717, 1.165) is 0 Å². The van der Waals surface area contributed by atoms with Crippen LogP contribution in [0.15, 0.2) is 42.5 Å². The molecule has 1 aromatic heterocycles. The van der Waals surface area contributed by atoms with Crippen LogP contribution in [0, 0.1) is 0 Å². The Balaban J connectivity index is 1.46. The summed E-state index contributed by atoms with van der Waals surface area (Å²) in [7, 11) is 0. The minimum Gasteiger partial charge on any atom is -0.482 e. The Kier molecular flexibility index (Phi) is 3.85. The van der Waals surface area contributed by atoms with Crippen LogP contribution in [0.4, 0.5) is 5.69 Å². The van der Waals surface area contributed by atoms with Gasteiger partial charge in [-0.05, 0) is 24.3 Å². The summed E-state index contributed by atoms with van der Waals surface area (Å²) >= 11 is 0. The molecule has 1 amide bonds. The lowest BCUT2D eigenvalue weighted by Gasteiger charge is -2.18. The van der Waals surface area contributed by atoms with Crippen LogP contribution in [-0.2, 0) is 9.53 Å². The second-order valence-corrected chi connectivity index (χ2v) is 5.66. The SMILES string of the molecule is O=C1COc2ccc(C(=O)COC(=O)c3n[nH]c4ccccc34)cc2N1. The molecule has 2 aromatic carbocycles. The molecule has 3 aromatic rings. The third-order valence-corrected chi connectivity index (χ3v) is 3.93. The number of aromatic amines is 1. The van der Waals surface area contributed by atoms with Crippen molar-refractivity contribution < 1.29 is 23.9 Å². The first kappa shape index (κ1) is 15.8. The highest BCUT2D eigenvalue weighted by molar-refractivity contribution is 6.05. The van der Waals surface area contributed by atoms with E-state index in [-0.39, 0.29) is 18.2 Å². The number of anilines is 1. The summed E-state index contributed by atoms with van der Waals surface area (Å²) in [6, 6.07) is 11.8. The molecule has 0 radical (unpaired) electrons. The summed E-state index contributed by atoms with van der Waals surface area (Å²) in [5, 5.41) is 9.92. The van der Waals surface area contributed by atoms with Crippen molar-refractivity contribution in [3.8, 4) is 5.75 Å². The Morgan fingerprint density at radius 2 is 2.04 bits per heavy atom. The van der Waals surface area contributed by atoms with Crippen LogP contribution < -0.4 is 10.1 Å². The molecule has 2 heterocycles. The molecule has 0 aliphatic carbocycles. The van der Waals surface area contributed by atoms with Gasteiger partial charge >= 0.3 is 5.97 Å². The molecule has 0 bridgehead atoms. The lowest BCUT2D eigenvalue weighted by Crippen LogP contribution is -2.25. The zero-order valence-electron chi connectivity index (χ0n) is 13.4. The first-order valence-electron chi connectivity index (χ1n) is 7.82. The minimum atomic E-state index is -0.689. The van der Waals surface area contributed by atoms with Crippen molar-refractivity contribution in [1.29, 1.82) is 0 Å². The first-order chi connectivity index (χ1) is 12.6. The van der Waals surface area contributed by atoms with Crippen LogP contribution in [0.1, 0.15) is 20.8 Å². The maximum absolute atomic E-state index is 12.3. The zero-order valence-corrected chi connectivity index (χ0v) is 13.4. The van der Waals surface area contributed by atoms with Crippen LogP contribution in [0.5, 0.6) is 5.75 Å². The monoisotopic (exact) mass is 351 g/mol. The van der Waals surface area contributed by atoms with E-state index in [9.17, 15) is 14.4 Å². The van der Waals surface area contributed by atoms with E-state index in [1.807, 2.05) is 6.07 Å². The van der Waals surface area contributed by atoms with Gasteiger partial charge in [0.2, 0.25) is 0 Å². The molecule has 1 aliphatic heterocycles. The summed E-state index contributed by atoms with van der Waals surface area (Å²) in [4.78, 5) is 35.8. The Bertz CT molecular complexity index is 1040. The molecule has 2 N–H and O–H groups in total. The Morgan fingerprint density at radius 3 is 2.92 bits per heavy atom. The summed E-state index contributed by atoms with van der Waals surface area (Å²) in [6.45, 7) is -0.497. The van der Waals surface area contributed by atoms with Crippen LogP contribution in [0.3, 0.4) is 0 Å². The molecule has 0 spiro atoms. The quantitative estimate of drug-likeness (QED) is 0.549. The number of para-hydroxylation sites is 1. The number of nitrogens with zero attached hydrogens (tertiary/aromatic N) is 1. The van der Waals surface area contributed by atoms with Crippen molar-refractivity contribution in [1.82, 2.24) is 10.2 Å². The van der Waals surface area contributed by atoms with Gasteiger partial charge in [-0.1, -0.05) is 18.2 Å². The number of esters is 1. The molecule has 8 nitrogen and oxygen atoms in total. The number of carbonyl (C=O) groups excluding carboxylic acids is 3. The molecule has 0 saturated heterocycles. The van der Waals surface area contributed by atoms with Crippen LogP contribution in [-0.4, -0.2) is 41.1 Å². The average molecular weight is 351 g/mol. The number of carbonyl (C=O) groups is 3. The van der Waals surface area contributed by atoms with E-state index in [4.69, 9.17) is 9.47 Å². The summed E-state index contributed by atoms with van der Waals surface area (Å²) in [5.74, 6) is -0.897. The number of rotatable bonds is 4. The fourth-order valence-electron chi connectivity index (χ4n) is 2.66. The van der Waals surface area contributed by atoms with E-state index in [0.29, 0.717) is 27.9 Å². The largest absolute Gasteiger partial charge is 0.482 e. The highest BCUT2D eigenvalue weighted by Gasteiger charge is 2.20. The molecule has 0 saturated carbocycles. The van der Waals surface area contributed by atoms with Crippen molar-refractivity contribution in [2.75, 3.05) is 18.5 Å². The number of H-pyrrole nitrogens is 1. The van der Waals surface area contributed by atoms with Crippen molar-refractivity contribution >= 4 is 34.3 Å². The zero-order chi connectivity index (χ0) is 18.1. The second-order valence-electron chi connectivity index (χ2n) is 5.66. The number of amides is 1. The predicted molar refractivity (Wildman–Crippen MR) is 91.3 cm³/mol. The Hall–Kier alpha value is -3.68. The number of ketones is 1. The maximum Gasteiger partial charge on any atom is 0.359 e. The average Bonchev–Trinajstić information content (AvgIpc) is 3.09. The van der Waals surface area contributed by atoms with E-state index in [1.165, 1.54) is 6.07 Å². The normalized spacial score (nSPS) is 12.8. The molecular formula is C18H13N3O5. The van der Waals surface area contributed by atoms with Gasteiger partial charge in [0, 0.05) is 10.9 Å². The highest BCUT2D eigenvalue weighted by Crippen LogP contribution is 2.28. The molecule has 26 heavy (non-hydrogen) atoms. The number of ether oxygens (including phenoxy) is 2. The van der Waals surface area contributed by atoms with Crippen molar-refractivity contribution in [2.24, 2.45) is 0 Å². The number of hydrogen-bond donors (Lipinski definition) is 2. The van der Waals surface area contributed by atoms with Crippen LogP contribution >= 0.6 is 0 Å². The van der Waals surface area contributed by atoms with E-state index < -0.39 is 18.4 Å². The third-order valence-electron chi connectivity index (χ3n) is 3.93. The van der Waals surface area contributed by atoms with Gasteiger partial charge in [0.1, 0.15) is 5.75 Å². The van der Waals surface area contributed by atoms with Gasteiger partial charge < -0.3 is 14.8 Å². The smallest absolute Gasteiger partial charge is 0.359 e. The van der Waals surface area contributed by atoms with Gasteiger partial charge in [0.05, 0.1) is 11.2 Å². The first-order valence-corrected chi connectivity index (χ1v) is 7.82. The molecule has 0 unspecified atom stereocenters. The minimum absolute atomic E-state index is 0.0600. The highest BCUT2D eigenvalue weighted by atomic mass is 16.5. The van der Waals surface area contributed by atoms with E-state index >= 15 is 0 Å². The number of aromatic nitrogens is 2. The lowest BCUT2D eigenvalue weighted by molar-refractivity contribution is -0.118. The van der Waals surface area contributed by atoms with Gasteiger partial charge in [-0.25, -0.2) is 4.79 Å². The summed E-state index contributed by atoms with van der Waals surface area (Å²) in [6.07, 6.45) is 0. The number of benzene rings is 2. The van der Waals surface area contributed by atoms with Gasteiger partial charge in [0.15, 0.2) is 24.7 Å². The lowest BCUT2D eigenvalue weighted by atomic mass is 10.1. The standard InChI is InChI=1S/C18H13N3O5/c22-14(10-5-6-15-13(7-10)19-16(23)9-25-15)8-26-18(24)17-11-3-1-2-4-12(11)20-21-17/h1-7H,8-9H2,(H,19,23)(H,20,21). The fourth-order valence-corrected chi connectivity index (χ4v) is 2.66. The van der Waals surface area contributed by atoms with Gasteiger partial charge in [0.25, 0.3) is 5.91 Å². The third kappa shape index (κ3) is 2.88. The number of Topliss-reactive ketones (excluding diaryl/α,β-unsaturated/α-hetero) is 1. The Labute approximate surface area is 147 Å². The molecule has 1 aliphatic rings. The molecule has 130 valence electrons. The van der Waals surface area contributed by atoms with Crippen molar-refractivity contribution in [3.05, 3.63) is 53.7 Å². The fraction of sp³-hybridized carbons (Fsp3) is 0.111. The summed E-state index contributed by atoms with van der Waals surface area (Å²) < 4.78 is 10.3. The molecule has 0 atom stereocenters. The van der Waals surface area contributed by atoms with Gasteiger partial charge in [-0.2, -0.15) is 5.10 Å². The number of nitrogens with one attached hydrogen (secondary N) is 2. The van der Waals surface area contributed by atoms with Gasteiger partial charge in [-0.15, -0.1) is 0 Å². The molecule has 4 rings (SSSR count). The van der Waals surface area contributed by atoms with E-state index in [1.54, 1.807) is 30.3 Å². The molecule has 0 fully saturated rings. The number of fused-ring (bicyclic) bond motifs is 2. The molecule has 8 heteroatoms. The van der Waals surface area contributed by atoms with E-state index in [2.05, 4.69) is 15.5 Å². The Morgan fingerprint density at radius 1 is 1.19 bits per heavy atom. The van der Waals surface area contributed by atoms with Gasteiger partial charge in [-0.3, -0.25) is 14.7 Å². The number of hydrogen-bond acceptors (Lipinski definition) is 6. The van der Waals surface area contributed by atoms with Crippen LogP contribution in [0.25, 0.3) is 10.9 Å². The summed E-state index contributed by atoms with van der Waals surface area (Å²) in [5.41, 5.74) is 1.54. The van der Waals surface area contributed by atoms with Crippen molar-refractivity contribution in [2.45, 2.75) is 0 Å². The van der Waals surface area contributed by atoms with Crippen molar-refractivity contribution in [3.63, 3.8) is 0 Å².